The predicted octanol–water partition coefficient (Wildman–Crippen LogP) is 3.22. The summed E-state index contributed by atoms with van der Waals surface area (Å²) in [6, 6.07) is 10.2. The number of nitrogens with one attached hydrogen (secondary N) is 1. The summed E-state index contributed by atoms with van der Waals surface area (Å²) >= 11 is 0. The molecule has 11 heteroatoms. The Morgan fingerprint density at radius 2 is 1.82 bits per heavy atom. The summed E-state index contributed by atoms with van der Waals surface area (Å²) in [6.07, 6.45) is -1.64. The Balaban J connectivity index is 1.55. The van der Waals surface area contributed by atoms with Crippen LogP contribution in [0.2, 0.25) is 0 Å². The fraction of sp³-hybridized carbons (Fsp3) is 0.364. The minimum Gasteiger partial charge on any atom is -0.480 e. The number of methoxy groups -OCH3 is 1. The van der Waals surface area contributed by atoms with Crippen LogP contribution in [0.25, 0.3) is 5.82 Å². The second-order valence-corrected chi connectivity index (χ2v) is 7.68. The molecular formula is C22H23F3N6O2. The number of nitrogens with zero attached hydrogens (tertiary/aromatic N) is 5. The van der Waals surface area contributed by atoms with Crippen LogP contribution in [0.1, 0.15) is 40.0 Å². The first-order chi connectivity index (χ1) is 15.9. The molecule has 0 atom stereocenters. The van der Waals surface area contributed by atoms with Crippen molar-refractivity contribution in [3.8, 4) is 11.7 Å². The molecule has 1 aliphatic rings. The van der Waals surface area contributed by atoms with E-state index in [9.17, 15) is 18.0 Å². The number of carbonyl (C=O) groups excluding carboxylic acids is 1. The van der Waals surface area contributed by atoms with Gasteiger partial charge in [-0.2, -0.15) is 18.3 Å². The molecule has 0 radical (unpaired) electrons. The molecule has 4 rings (SSSR count). The van der Waals surface area contributed by atoms with Crippen LogP contribution in [0.15, 0.2) is 42.6 Å². The summed E-state index contributed by atoms with van der Waals surface area (Å²) in [5, 5.41) is 13.7. The summed E-state index contributed by atoms with van der Waals surface area (Å²) in [5.74, 6) is -0.908. The molecule has 8 nitrogen and oxygen atoms in total. The first-order valence-electron chi connectivity index (χ1n) is 10.5. The molecule has 1 fully saturated rings. The normalized spacial score (nSPS) is 14.4. The highest BCUT2D eigenvalue weighted by atomic mass is 19.4. The van der Waals surface area contributed by atoms with Gasteiger partial charge in [0.2, 0.25) is 5.88 Å². The van der Waals surface area contributed by atoms with Crippen molar-refractivity contribution in [2.24, 2.45) is 0 Å². The van der Waals surface area contributed by atoms with E-state index in [0.29, 0.717) is 4.68 Å². The number of rotatable bonds is 7. The molecule has 0 spiro atoms. The number of aromatic nitrogens is 4. The number of hydrogen-bond donors (Lipinski definition) is 1. The first-order valence-corrected chi connectivity index (χ1v) is 10.5. The van der Waals surface area contributed by atoms with E-state index < -0.39 is 23.3 Å². The maximum atomic E-state index is 13.9. The monoisotopic (exact) mass is 460 g/mol. The number of hydrogen-bond acceptors (Lipinski definition) is 6. The van der Waals surface area contributed by atoms with Crippen LogP contribution in [-0.4, -0.2) is 51.0 Å². The quantitative estimate of drug-likeness (QED) is 0.583. The second-order valence-electron chi connectivity index (χ2n) is 7.68. The largest absolute Gasteiger partial charge is 0.480 e. The van der Waals surface area contributed by atoms with Crippen LogP contribution >= 0.6 is 0 Å². The Morgan fingerprint density at radius 3 is 2.45 bits per heavy atom. The Morgan fingerprint density at radius 1 is 1.09 bits per heavy atom. The van der Waals surface area contributed by atoms with Gasteiger partial charge in [-0.25, -0.2) is 4.68 Å². The highest BCUT2D eigenvalue weighted by Gasteiger charge is 2.41. The minimum absolute atomic E-state index is 0.105. The lowest BCUT2D eigenvalue weighted by molar-refractivity contribution is -0.143. The molecule has 0 aliphatic carbocycles. The molecule has 1 aliphatic heterocycles. The fourth-order valence-corrected chi connectivity index (χ4v) is 3.83. The van der Waals surface area contributed by atoms with E-state index in [1.54, 1.807) is 0 Å². The number of benzene rings is 1. The van der Waals surface area contributed by atoms with E-state index in [-0.39, 0.29) is 18.2 Å². The fourth-order valence-electron chi connectivity index (χ4n) is 3.83. The maximum Gasteiger partial charge on any atom is 0.434 e. The molecule has 1 amide bonds. The van der Waals surface area contributed by atoms with Gasteiger partial charge in [0.25, 0.3) is 5.91 Å². The van der Waals surface area contributed by atoms with Crippen molar-refractivity contribution < 1.29 is 22.7 Å². The minimum atomic E-state index is -4.83. The number of amides is 1. The predicted molar refractivity (Wildman–Crippen MR) is 113 cm³/mol. The Bertz CT molecular complexity index is 1110. The van der Waals surface area contributed by atoms with E-state index in [2.05, 4.69) is 25.5 Å². The van der Waals surface area contributed by atoms with Gasteiger partial charge in [-0.3, -0.25) is 9.69 Å². The lowest BCUT2D eigenvalue weighted by atomic mass is 10.1. The lowest BCUT2D eigenvalue weighted by Gasteiger charge is -2.18. The third-order valence-electron chi connectivity index (χ3n) is 5.48. The molecule has 3 aromatic rings. The van der Waals surface area contributed by atoms with E-state index in [0.717, 1.165) is 49.8 Å². The third kappa shape index (κ3) is 5.14. The summed E-state index contributed by atoms with van der Waals surface area (Å²) in [4.78, 5) is 15.1. The summed E-state index contributed by atoms with van der Waals surface area (Å²) in [7, 11) is 1.37. The molecule has 33 heavy (non-hydrogen) atoms. The van der Waals surface area contributed by atoms with Gasteiger partial charge >= 0.3 is 6.18 Å². The lowest BCUT2D eigenvalue weighted by Crippen LogP contribution is -2.27. The highest BCUT2D eigenvalue weighted by molar-refractivity contribution is 5.95. The van der Waals surface area contributed by atoms with Crippen LogP contribution in [0, 0.1) is 0 Å². The Labute approximate surface area is 188 Å². The van der Waals surface area contributed by atoms with Gasteiger partial charge in [0.1, 0.15) is 0 Å². The van der Waals surface area contributed by atoms with Crippen LogP contribution in [0.3, 0.4) is 0 Å². The number of halogens is 3. The average molecular weight is 460 g/mol. The van der Waals surface area contributed by atoms with Crippen molar-refractivity contribution in [2.75, 3.05) is 20.2 Å². The number of alkyl halides is 3. The van der Waals surface area contributed by atoms with Crippen molar-refractivity contribution in [3.05, 3.63) is 65.0 Å². The van der Waals surface area contributed by atoms with Gasteiger partial charge in [-0.05, 0) is 43.1 Å². The zero-order chi connectivity index (χ0) is 23.4. The van der Waals surface area contributed by atoms with Crippen LogP contribution in [0.5, 0.6) is 5.88 Å². The van der Waals surface area contributed by atoms with Gasteiger partial charge < -0.3 is 10.1 Å². The maximum absolute atomic E-state index is 13.9. The standard InChI is InChI=1S/C22H23F3N6O2/c1-33-19-9-8-18(28-29-19)31-20(22(23,24)25)17(13-27-31)21(32)26-12-15-6-2-3-7-16(15)14-30-10-4-5-11-30/h2-3,6-9,13H,4-5,10-12,14H2,1H3,(H,26,32). The topological polar surface area (TPSA) is 85.2 Å². The molecule has 1 aromatic carbocycles. The van der Waals surface area contributed by atoms with Gasteiger partial charge in [-0.15, -0.1) is 10.2 Å². The average Bonchev–Trinajstić information content (AvgIpc) is 3.48. The summed E-state index contributed by atoms with van der Waals surface area (Å²) in [5.41, 5.74) is 0.0987. The van der Waals surface area contributed by atoms with Crippen molar-refractivity contribution in [3.63, 3.8) is 0 Å². The van der Waals surface area contributed by atoms with E-state index in [4.69, 9.17) is 4.74 Å². The van der Waals surface area contributed by atoms with Crippen molar-refractivity contribution in [1.29, 1.82) is 0 Å². The molecular weight excluding hydrogens is 437 g/mol. The molecule has 1 N–H and O–H groups in total. The Hall–Kier alpha value is -3.47. The first kappa shape index (κ1) is 22.7. The number of carbonyl (C=O) groups is 1. The molecule has 0 bridgehead atoms. The highest BCUT2D eigenvalue weighted by Crippen LogP contribution is 2.33. The molecule has 0 unspecified atom stereocenters. The molecule has 2 aromatic heterocycles. The molecule has 0 saturated carbocycles. The third-order valence-corrected chi connectivity index (χ3v) is 5.48. The van der Waals surface area contributed by atoms with Gasteiger partial charge in [0.15, 0.2) is 11.5 Å². The van der Waals surface area contributed by atoms with E-state index in [1.807, 2.05) is 24.3 Å². The second kappa shape index (κ2) is 9.57. The molecule has 3 heterocycles. The van der Waals surface area contributed by atoms with Gasteiger partial charge in [0.05, 0.1) is 18.9 Å². The van der Waals surface area contributed by atoms with E-state index in [1.165, 1.54) is 19.2 Å². The van der Waals surface area contributed by atoms with Gasteiger partial charge in [-0.1, -0.05) is 24.3 Å². The summed E-state index contributed by atoms with van der Waals surface area (Å²) < 4.78 is 47.0. The zero-order valence-corrected chi connectivity index (χ0v) is 18.0. The smallest absolute Gasteiger partial charge is 0.434 e. The van der Waals surface area contributed by atoms with Crippen LogP contribution in [-0.2, 0) is 19.3 Å². The zero-order valence-electron chi connectivity index (χ0n) is 18.0. The van der Waals surface area contributed by atoms with Crippen molar-refractivity contribution >= 4 is 5.91 Å². The molecule has 174 valence electrons. The van der Waals surface area contributed by atoms with Gasteiger partial charge in [0, 0.05) is 19.2 Å². The SMILES string of the molecule is COc1ccc(-n2ncc(C(=O)NCc3ccccc3CN3CCCC3)c2C(F)(F)F)nn1. The number of likely N-dealkylation sites (tertiary alicyclic amines) is 1. The molecule has 1 saturated heterocycles. The van der Waals surface area contributed by atoms with Crippen molar-refractivity contribution in [1.82, 2.24) is 30.2 Å². The van der Waals surface area contributed by atoms with Crippen LogP contribution < -0.4 is 10.1 Å². The number of ether oxygens (including phenoxy) is 1. The Kier molecular flexibility index (Phi) is 6.59. The summed E-state index contributed by atoms with van der Waals surface area (Å²) in [6.45, 7) is 2.88. The van der Waals surface area contributed by atoms with Crippen molar-refractivity contribution in [2.45, 2.75) is 32.1 Å². The van der Waals surface area contributed by atoms with E-state index >= 15 is 0 Å². The van der Waals surface area contributed by atoms with Crippen LogP contribution in [0.4, 0.5) is 13.2 Å².